The van der Waals surface area contributed by atoms with Crippen molar-refractivity contribution in [2.45, 2.75) is 0 Å². The van der Waals surface area contributed by atoms with Crippen molar-refractivity contribution >= 4 is 28.4 Å². The summed E-state index contributed by atoms with van der Waals surface area (Å²) in [7, 11) is 0. The molecule has 3 heteroatoms. The van der Waals surface area contributed by atoms with Gasteiger partial charge in [-0.05, 0) is 28.5 Å². The third kappa shape index (κ3) is 2.61. The highest BCUT2D eigenvalue weighted by Gasteiger charge is 2.14. The molecule has 0 atom stereocenters. The third-order valence-corrected chi connectivity index (χ3v) is 3.52. The summed E-state index contributed by atoms with van der Waals surface area (Å²) in [5, 5.41) is 11.3. The lowest BCUT2D eigenvalue weighted by atomic mass is 9.96. The third-order valence-electron chi connectivity index (χ3n) is 3.52. The van der Waals surface area contributed by atoms with Crippen LogP contribution in [-0.2, 0) is 4.79 Å². The van der Waals surface area contributed by atoms with Gasteiger partial charge < -0.3 is 5.11 Å². The van der Waals surface area contributed by atoms with E-state index in [9.17, 15) is 14.3 Å². The zero-order valence-corrected chi connectivity index (χ0v) is 11.7. The first-order valence-electron chi connectivity index (χ1n) is 6.84. The molecule has 2 nitrogen and oxygen atoms in total. The van der Waals surface area contributed by atoms with E-state index in [1.807, 2.05) is 30.3 Å². The van der Waals surface area contributed by atoms with Crippen LogP contribution in [0.5, 0.6) is 0 Å². The molecule has 0 saturated heterocycles. The van der Waals surface area contributed by atoms with Crippen molar-refractivity contribution in [2.75, 3.05) is 0 Å². The Bertz CT molecular complexity index is 876. The second-order valence-electron chi connectivity index (χ2n) is 4.91. The zero-order chi connectivity index (χ0) is 15.5. The molecule has 0 aromatic heterocycles. The van der Waals surface area contributed by atoms with Crippen LogP contribution in [0.15, 0.2) is 66.7 Å². The lowest BCUT2D eigenvalue weighted by Crippen LogP contribution is -2.01. The summed E-state index contributed by atoms with van der Waals surface area (Å²) in [6.45, 7) is 0. The highest BCUT2D eigenvalue weighted by atomic mass is 19.1. The Hall–Kier alpha value is -2.94. The molecule has 0 aliphatic rings. The highest BCUT2D eigenvalue weighted by Crippen LogP contribution is 2.27. The summed E-state index contributed by atoms with van der Waals surface area (Å²) < 4.78 is 13.8. The lowest BCUT2D eigenvalue weighted by Gasteiger charge is -2.08. The van der Waals surface area contributed by atoms with Crippen molar-refractivity contribution in [3.8, 4) is 0 Å². The molecule has 22 heavy (non-hydrogen) atoms. The van der Waals surface area contributed by atoms with Crippen LogP contribution in [0.1, 0.15) is 11.1 Å². The Morgan fingerprint density at radius 1 is 0.909 bits per heavy atom. The molecule has 3 aromatic rings. The van der Waals surface area contributed by atoms with E-state index >= 15 is 0 Å². The van der Waals surface area contributed by atoms with Gasteiger partial charge in [0.25, 0.3) is 0 Å². The van der Waals surface area contributed by atoms with Crippen molar-refractivity contribution in [3.05, 3.63) is 83.7 Å². The highest BCUT2D eigenvalue weighted by molar-refractivity contribution is 6.23. The molecule has 0 radical (unpaired) electrons. The Morgan fingerprint density at radius 2 is 1.59 bits per heavy atom. The number of hydrogen-bond donors (Lipinski definition) is 1. The van der Waals surface area contributed by atoms with Gasteiger partial charge in [-0.3, -0.25) is 0 Å². The number of fused-ring (bicyclic) bond motifs is 1. The molecule has 108 valence electrons. The van der Waals surface area contributed by atoms with Crippen LogP contribution in [0.2, 0.25) is 0 Å². The molecule has 0 heterocycles. The summed E-state index contributed by atoms with van der Waals surface area (Å²) in [4.78, 5) is 11.7. The van der Waals surface area contributed by atoms with E-state index in [0.29, 0.717) is 5.56 Å². The molecule has 0 unspecified atom stereocenters. The fourth-order valence-electron chi connectivity index (χ4n) is 2.46. The number of carbonyl (C=O) groups is 1. The van der Waals surface area contributed by atoms with Crippen molar-refractivity contribution in [1.29, 1.82) is 0 Å². The number of carboxylic acids is 1. The van der Waals surface area contributed by atoms with Gasteiger partial charge in [0.1, 0.15) is 5.82 Å². The Balaban J connectivity index is 2.24. The van der Waals surface area contributed by atoms with E-state index in [0.717, 1.165) is 10.8 Å². The van der Waals surface area contributed by atoms with Crippen LogP contribution in [0.3, 0.4) is 0 Å². The fourth-order valence-corrected chi connectivity index (χ4v) is 2.46. The fraction of sp³-hybridized carbons (Fsp3) is 0. The number of benzene rings is 3. The van der Waals surface area contributed by atoms with Gasteiger partial charge in [-0.15, -0.1) is 0 Å². The van der Waals surface area contributed by atoms with E-state index in [1.165, 1.54) is 12.1 Å². The van der Waals surface area contributed by atoms with Gasteiger partial charge in [0, 0.05) is 5.56 Å². The number of rotatable bonds is 3. The molecule has 0 saturated carbocycles. The maximum absolute atomic E-state index is 13.8. The second kappa shape index (κ2) is 5.82. The average Bonchev–Trinajstić information content (AvgIpc) is 2.53. The van der Waals surface area contributed by atoms with Gasteiger partial charge in [-0.25, -0.2) is 9.18 Å². The van der Waals surface area contributed by atoms with Crippen LogP contribution >= 0.6 is 0 Å². The molecule has 0 bridgehead atoms. The molecule has 0 amide bonds. The molecule has 3 aromatic carbocycles. The molecule has 0 aliphatic heterocycles. The molecule has 0 spiro atoms. The minimum Gasteiger partial charge on any atom is -0.478 e. The van der Waals surface area contributed by atoms with Gasteiger partial charge in [-0.1, -0.05) is 60.7 Å². The molecule has 0 fully saturated rings. The first-order valence-corrected chi connectivity index (χ1v) is 6.84. The number of carboxylic acid groups (broad SMARTS) is 1. The first kappa shape index (κ1) is 14.0. The van der Waals surface area contributed by atoms with E-state index in [-0.39, 0.29) is 11.1 Å². The van der Waals surface area contributed by atoms with Crippen molar-refractivity contribution in [2.24, 2.45) is 0 Å². The van der Waals surface area contributed by atoms with Crippen LogP contribution in [-0.4, -0.2) is 11.1 Å². The topological polar surface area (TPSA) is 37.3 Å². The molecular weight excluding hydrogens is 279 g/mol. The first-order chi connectivity index (χ1) is 10.7. The van der Waals surface area contributed by atoms with Crippen LogP contribution in [0, 0.1) is 5.82 Å². The molecule has 0 aliphatic carbocycles. The monoisotopic (exact) mass is 292 g/mol. The standard InChI is InChI=1S/C19H13FO2/c20-18-11-4-2-7-14(18)12-17(19(21)22)16-10-5-8-13-6-1-3-9-15(13)16/h1-12H,(H,21,22)/b17-12-. The molecule has 3 rings (SSSR count). The predicted molar refractivity (Wildman–Crippen MR) is 85.9 cm³/mol. The minimum absolute atomic E-state index is 0.0712. The van der Waals surface area contributed by atoms with Gasteiger partial charge in [0.2, 0.25) is 0 Å². The van der Waals surface area contributed by atoms with Crippen molar-refractivity contribution in [3.63, 3.8) is 0 Å². The Labute approximate surface area is 127 Å². The second-order valence-corrected chi connectivity index (χ2v) is 4.91. The van der Waals surface area contributed by atoms with Crippen LogP contribution < -0.4 is 0 Å². The number of aliphatic carboxylic acids is 1. The summed E-state index contributed by atoms with van der Waals surface area (Å²) >= 11 is 0. The zero-order valence-electron chi connectivity index (χ0n) is 11.7. The maximum Gasteiger partial charge on any atom is 0.336 e. The summed E-state index contributed by atoms with van der Waals surface area (Å²) in [6.07, 6.45) is 1.37. The van der Waals surface area contributed by atoms with E-state index in [4.69, 9.17) is 0 Å². The maximum atomic E-state index is 13.8. The predicted octanol–water partition coefficient (Wildman–Crippen LogP) is 4.60. The van der Waals surface area contributed by atoms with Gasteiger partial charge in [0.05, 0.1) is 5.57 Å². The summed E-state index contributed by atoms with van der Waals surface area (Å²) in [5.74, 6) is -1.53. The average molecular weight is 292 g/mol. The van der Waals surface area contributed by atoms with Crippen molar-refractivity contribution in [1.82, 2.24) is 0 Å². The largest absolute Gasteiger partial charge is 0.478 e. The number of hydrogen-bond acceptors (Lipinski definition) is 1. The quantitative estimate of drug-likeness (QED) is 0.565. The van der Waals surface area contributed by atoms with Gasteiger partial charge in [-0.2, -0.15) is 0 Å². The van der Waals surface area contributed by atoms with Crippen LogP contribution in [0.4, 0.5) is 4.39 Å². The van der Waals surface area contributed by atoms with Crippen LogP contribution in [0.25, 0.3) is 22.4 Å². The van der Waals surface area contributed by atoms with E-state index in [2.05, 4.69) is 0 Å². The SMILES string of the molecule is O=C(O)/C(=C\c1ccccc1F)c1cccc2ccccc12. The van der Waals surface area contributed by atoms with Gasteiger partial charge >= 0.3 is 5.97 Å². The lowest BCUT2D eigenvalue weighted by molar-refractivity contribution is -0.130. The van der Waals surface area contributed by atoms with Gasteiger partial charge in [0.15, 0.2) is 0 Å². The Kier molecular flexibility index (Phi) is 3.71. The smallest absolute Gasteiger partial charge is 0.336 e. The van der Waals surface area contributed by atoms with Crippen molar-refractivity contribution < 1.29 is 14.3 Å². The summed E-state index contributed by atoms with van der Waals surface area (Å²) in [5.41, 5.74) is 0.906. The van der Waals surface area contributed by atoms with E-state index < -0.39 is 11.8 Å². The van der Waals surface area contributed by atoms with E-state index in [1.54, 1.807) is 30.3 Å². The minimum atomic E-state index is -1.08. The Morgan fingerprint density at radius 3 is 2.36 bits per heavy atom. The summed E-state index contributed by atoms with van der Waals surface area (Å²) in [6, 6.07) is 19.1. The normalized spacial score (nSPS) is 11.6. The molecular formula is C19H13FO2. The number of halogens is 1. The molecule has 1 N–H and O–H groups in total.